The van der Waals surface area contributed by atoms with E-state index in [2.05, 4.69) is 11.4 Å². The van der Waals surface area contributed by atoms with Crippen LogP contribution in [0.3, 0.4) is 0 Å². The number of nitrogens with zero attached hydrogens (tertiary/aromatic N) is 1. The van der Waals surface area contributed by atoms with Gasteiger partial charge in [-0.05, 0) is 42.9 Å². The van der Waals surface area contributed by atoms with Crippen LogP contribution in [0.2, 0.25) is 0 Å². The maximum Gasteiger partial charge on any atom is 0.246 e. The SMILES string of the molecule is O=C1CN(c2cccc3c2CCCC3)C(=O)CN1. The van der Waals surface area contributed by atoms with Crippen molar-refractivity contribution in [3.63, 3.8) is 0 Å². The average Bonchev–Trinajstić information content (AvgIpc) is 2.41. The Labute approximate surface area is 106 Å². The van der Waals surface area contributed by atoms with Gasteiger partial charge in [-0.15, -0.1) is 0 Å². The van der Waals surface area contributed by atoms with Gasteiger partial charge in [-0.25, -0.2) is 0 Å². The Balaban J connectivity index is 2.00. The number of hydrogen-bond acceptors (Lipinski definition) is 2. The third-order valence-corrected chi connectivity index (χ3v) is 3.70. The van der Waals surface area contributed by atoms with Crippen molar-refractivity contribution in [1.82, 2.24) is 5.32 Å². The molecule has 4 nitrogen and oxygen atoms in total. The summed E-state index contributed by atoms with van der Waals surface area (Å²) in [6.07, 6.45) is 4.47. The molecular weight excluding hydrogens is 228 g/mol. The average molecular weight is 244 g/mol. The molecule has 1 aromatic carbocycles. The zero-order chi connectivity index (χ0) is 12.5. The van der Waals surface area contributed by atoms with E-state index in [1.54, 1.807) is 4.90 Å². The molecule has 0 radical (unpaired) electrons. The van der Waals surface area contributed by atoms with Crippen LogP contribution < -0.4 is 10.2 Å². The third-order valence-electron chi connectivity index (χ3n) is 3.70. The van der Waals surface area contributed by atoms with Gasteiger partial charge in [0.25, 0.3) is 0 Å². The van der Waals surface area contributed by atoms with E-state index in [0.29, 0.717) is 0 Å². The summed E-state index contributed by atoms with van der Waals surface area (Å²) in [5.41, 5.74) is 3.52. The standard InChI is InChI=1S/C14H16N2O2/c17-13-9-16(14(18)8-15-13)12-7-3-5-10-4-1-2-6-11(10)12/h3,5,7H,1-2,4,6,8-9H2,(H,15,17). The number of rotatable bonds is 1. The molecule has 3 rings (SSSR count). The van der Waals surface area contributed by atoms with Crippen LogP contribution in [0.25, 0.3) is 0 Å². The predicted octanol–water partition coefficient (Wildman–Crippen LogP) is 1.03. The quantitative estimate of drug-likeness (QED) is 0.802. The Morgan fingerprint density at radius 1 is 1.11 bits per heavy atom. The first kappa shape index (κ1) is 11.3. The van der Waals surface area contributed by atoms with Gasteiger partial charge in [0, 0.05) is 5.69 Å². The van der Waals surface area contributed by atoms with Crippen LogP contribution in [0.15, 0.2) is 18.2 Å². The van der Waals surface area contributed by atoms with Crippen molar-refractivity contribution in [3.8, 4) is 0 Å². The lowest BCUT2D eigenvalue weighted by atomic mass is 9.90. The summed E-state index contributed by atoms with van der Waals surface area (Å²) in [5, 5.41) is 2.58. The van der Waals surface area contributed by atoms with Gasteiger partial charge in [0.05, 0.1) is 6.54 Å². The number of anilines is 1. The van der Waals surface area contributed by atoms with E-state index in [-0.39, 0.29) is 24.9 Å². The monoisotopic (exact) mass is 244 g/mol. The largest absolute Gasteiger partial charge is 0.345 e. The van der Waals surface area contributed by atoms with Gasteiger partial charge in [0.15, 0.2) is 0 Å². The highest BCUT2D eigenvalue weighted by Crippen LogP contribution is 2.30. The Morgan fingerprint density at radius 3 is 2.83 bits per heavy atom. The van der Waals surface area contributed by atoms with Crippen molar-refractivity contribution in [3.05, 3.63) is 29.3 Å². The molecule has 4 heteroatoms. The molecule has 0 spiro atoms. The lowest BCUT2D eigenvalue weighted by Crippen LogP contribution is -2.52. The minimum Gasteiger partial charge on any atom is -0.345 e. The Morgan fingerprint density at radius 2 is 1.94 bits per heavy atom. The summed E-state index contributed by atoms with van der Waals surface area (Å²) in [6.45, 7) is 0.262. The van der Waals surface area contributed by atoms with Gasteiger partial charge in [0.2, 0.25) is 11.8 Å². The molecule has 0 bridgehead atoms. The highest BCUT2D eigenvalue weighted by Gasteiger charge is 2.27. The number of benzene rings is 1. The first-order valence-electron chi connectivity index (χ1n) is 6.43. The lowest BCUT2D eigenvalue weighted by Gasteiger charge is -2.30. The van der Waals surface area contributed by atoms with Gasteiger partial charge in [-0.2, -0.15) is 0 Å². The molecule has 2 amide bonds. The zero-order valence-electron chi connectivity index (χ0n) is 10.2. The number of hydrogen-bond donors (Lipinski definition) is 1. The van der Waals surface area contributed by atoms with E-state index in [4.69, 9.17) is 0 Å². The fourth-order valence-corrected chi connectivity index (χ4v) is 2.79. The van der Waals surface area contributed by atoms with Crippen molar-refractivity contribution in [2.75, 3.05) is 18.0 Å². The van der Waals surface area contributed by atoms with Crippen LogP contribution in [-0.4, -0.2) is 24.9 Å². The topological polar surface area (TPSA) is 49.4 Å². The number of nitrogens with one attached hydrogen (secondary N) is 1. The molecule has 1 aromatic rings. The fraction of sp³-hybridized carbons (Fsp3) is 0.429. The van der Waals surface area contributed by atoms with Gasteiger partial charge in [0.1, 0.15) is 6.54 Å². The highest BCUT2D eigenvalue weighted by atomic mass is 16.2. The van der Waals surface area contributed by atoms with Gasteiger partial charge in [-0.3, -0.25) is 9.59 Å². The normalized spacial score (nSPS) is 19.4. The number of piperazine rings is 1. The summed E-state index contributed by atoms with van der Waals surface area (Å²) >= 11 is 0. The molecule has 1 aliphatic heterocycles. The molecular formula is C14H16N2O2. The van der Waals surface area contributed by atoms with Crippen molar-refractivity contribution in [2.45, 2.75) is 25.7 Å². The molecule has 94 valence electrons. The Bertz CT molecular complexity index is 511. The predicted molar refractivity (Wildman–Crippen MR) is 68.4 cm³/mol. The first-order chi connectivity index (χ1) is 8.75. The van der Waals surface area contributed by atoms with Crippen LogP contribution in [0.5, 0.6) is 0 Å². The van der Waals surface area contributed by atoms with E-state index < -0.39 is 0 Å². The Hall–Kier alpha value is -1.84. The van der Waals surface area contributed by atoms with E-state index in [9.17, 15) is 9.59 Å². The molecule has 0 saturated carbocycles. The molecule has 18 heavy (non-hydrogen) atoms. The number of aryl methyl sites for hydroxylation is 1. The number of amides is 2. The van der Waals surface area contributed by atoms with Crippen molar-refractivity contribution in [1.29, 1.82) is 0 Å². The van der Waals surface area contributed by atoms with E-state index in [1.807, 2.05) is 12.1 Å². The minimum atomic E-state index is -0.0805. The van der Waals surface area contributed by atoms with Crippen LogP contribution in [0, 0.1) is 0 Å². The molecule has 1 heterocycles. The molecule has 1 fully saturated rings. The molecule has 0 unspecified atom stereocenters. The van der Waals surface area contributed by atoms with Crippen LogP contribution in [0.4, 0.5) is 5.69 Å². The van der Waals surface area contributed by atoms with Gasteiger partial charge >= 0.3 is 0 Å². The third kappa shape index (κ3) is 1.88. The van der Waals surface area contributed by atoms with E-state index in [1.165, 1.54) is 17.5 Å². The minimum absolute atomic E-state index is 0.0198. The van der Waals surface area contributed by atoms with Crippen LogP contribution in [0.1, 0.15) is 24.0 Å². The fourth-order valence-electron chi connectivity index (χ4n) is 2.79. The highest BCUT2D eigenvalue weighted by molar-refractivity contribution is 6.05. The maximum atomic E-state index is 11.9. The molecule has 0 aromatic heterocycles. The summed E-state index contributed by atoms with van der Waals surface area (Å²) < 4.78 is 0. The molecule has 2 aliphatic rings. The number of carbonyl (C=O) groups is 2. The van der Waals surface area contributed by atoms with Crippen molar-refractivity contribution >= 4 is 17.5 Å². The molecule has 0 atom stereocenters. The smallest absolute Gasteiger partial charge is 0.246 e. The maximum absolute atomic E-state index is 11.9. The second-order valence-corrected chi connectivity index (χ2v) is 4.88. The molecule has 1 aliphatic carbocycles. The summed E-state index contributed by atoms with van der Waals surface area (Å²) in [5.74, 6) is -0.100. The van der Waals surface area contributed by atoms with E-state index >= 15 is 0 Å². The van der Waals surface area contributed by atoms with E-state index in [0.717, 1.165) is 24.9 Å². The van der Waals surface area contributed by atoms with Crippen molar-refractivity contribution < 1.29 is 9.59 Å². The van der Waals surface area contributed by atoms with Crippen LogP contribution in [-0.2, 0) is 22.4 Å². The second kappa shape index (κ2) is 4.44. The summed E-state index contributed by atoms with van der Waals surface area (Å²) in [4.78, 5) is 25.0. The van der Waals surface area contributed by atoms with Gasteiger partial charge < -0.3 is 10.2 Å². The van der Waals surface area contributed by atoms with Crippen molar-refractivity contribution in [2.24, 2.45) is 0 Å². The first-order valence-corrected chi connectivity index (χ1v) is 6.43. The number of fused-ring (bicyclic) bond motifs is 1. The summed E-state index contributed by atoms with van der Waals surface area (Å²) in [7, 11) is 0. The Kier molecular flexibility index (Phi) is 2.78. The van der Waals surface area contributed by atoms with Gasteiger partial charge in [-0.1, -0.05) is 12.1 Å². The summed E-state index contributed by atoms with van der Waals surface area (Å²) in [6, 6.07) is 6.08. The molecule has 1 N–H and O–H groups in total. The zero-order valence-corrected chi connectivity index (χ0v) is 10.2. The number of carbonyl (C=O) groups excluding carboxylic acids is 2. The van der Waals surface area contributed by atoms with Crippen LogP contribution >= 0.6 is 0 Å². The molecule has 1 saturated heterocycles. The lowest BCUT2D eigenvalue weighted by molar-refractivity contribution is -0.128. The second-order valence-electron chi connectivity index (χ2n) is 4.88.